The van der Waals surface area contributed by atoms with Crippen LogP contribution in [0.25, 0.3) is 0 Å². The van der Waals surface area contributed by atoms with Crippen molar-refractivity contribution in [3.63, 3.8) is 0 Å². The van der Waals surface area contributed by atoms with E-state index < -0.39 is 5.60 Å². The van der Waals surface area contributed by atoms with Crippen molar-refractivity contribution in [1.82, 2.24) is 4.90 Å². The first-order valence-corrected chi connectivity index (χ1v) is 7.79. The van der Waals surface area contributed by atoms with Gasteiger partial charge in [-0.2, -0.15) is 0 Å². The van der Waals surface area contributed by atoms with Gasteiger partial charge in [-0.1, -0.05) is 6.07 Å². The summed E-state index contributed by atoms with van der Waals surface area (Å²) >= 11 is 0. The van der Waals surface area contributed by atoms with Crippen LogP contribution in [-0.4, -0.2) is 40.8 Å². The number of anilines is 1. The van der Waals surface area contributed by atoms with Crippen LogP contribution in [0.1, 0.15) is 39.2 Å². The van der Waals surface area contributed by atoms with E-state index in [2.05, 4.69) is 5.32 Å². The number of likely N-dealkylation sites (tertiary alicyclic amines) is 1. The Morgan fingerprint density at radius 1 is 1.41 bits per heavy atom. The zero-order valence-electron chi connectivity index (χ0n) is 13.8. The van der Waals surface area contributed by atoms with E-state index in [0.29, 0.717) is 6.54 Å². The smallest absolute Gasteiger partial charge is 0.410 e. The summed E-state index contributed by atoms with van der Waals surface area (Å²) in [6.07, 6.45) is 1.67. The predicted molar refractivity (Wildman–Crippen MR) is 87.3 cm³/mol. The average molecular weight is 306 g/mol. The molecule has 1 aliphatic heterocycles. The molecule has 0 aromatic heterocycles. The van der Waals surface area contributed by atoms with Gasteiger partial charge in [0.25, 0.3) is 0 Å². The molecule has 22 heavy (non-hydrogen) atoms. The van der Waals surface area contributed by atoms with Crippen molar-refractivity contribution in [1.29, 1.82) is 0 Å². The van der Waals surface area contributed by atoms with Crippen molar-refractivity contribution in [3.05, 3.63) is 23.8 Å². The van der Waals surface area contributed by atoms with Crippen LogP contribution in [-0.2, 0) is 4.74 Å². The first-order chi connectivity index (χ1) is 10.2. The Morgan fingerprint density at radius 3 is 2.77 bits per heavy atom. The largest absolute Gasteiger partial charge is 0.508 e. The van der Waals surface area contributed by atoms with Crippen LogP contribution in [0.3, 0.4) is 0 Å². The van der Waals surface area contributed by atoms with Crippen LogP contribution in [0.15, 0.2) is 18.2 Å². The highest BCUT2D eigenvalue weighted by Gasteiger charge is 2.27. The number of carbonyl (C=O) groups excluding carboxylic acids is 1. The molecule has 1 aromatic rings. The summed E-state index contributed by atoms with van der Waals surface area (Å²) in [5, 5.41) is 13.2. The monoisotopic (exact) mass is 306 g/mol. The minimum atomic E-state index is -0.472. The fraction of sp³-hybridized carbons (Fsp3) is 0.588. The fourth-order valence-corrected chi connectivity index (χ4v) is 2.52. The number of aryl methyl sites for hydroxylation is 1. The molecule has 1 saturated heterocycles. The molecule has 1 unspecified atom stereocenters. The molecule has 0 saturated carbocycles. The summed E-state index contributed by atoms with van der Waals surface area (Å²) in [5.74, 6) is 0.282. The van der Waals surface area contributed by atoms with Crippen LogP contribution < -0.4 is 5.32 Å². The van der Waals surface area contributed by atoms with Crippen LogP contribution >= 0.6 is 0 Å². The number of phenolic OH excluding ortho intramolecular Hbond substituents is 1. The zero-order valence-corrected chi connectivity index (χ0v) is 13.8. The third-order valence-electron chi connectivity index (χ3n) is 3.65. The Labute approximate surface area is 132 Å². The number of hydrogen-bond donors (Lipinski definition) is 2. The number of hydrogen-bond acceptors (Lipinski definition) is 4. The van der Waals surface area contributed by atoms with Gasteiger partial charge >= 0.3 is 6.09 Å². The Morgan fingerprint density at radius 2 is 2.14 bits per heavy atom. The van der Waals surface area contributed by atoms with E-state index in [-0.39, 0.29) is 17.9 Å². The van der Waals surface area contributed by atoms with Crippen molar-refractivity contribution >= 4 is 11.8 Å². The maximum Gasteiger partial charge on any atom is 0.410 e. The SMILES string of the molecule is Cc1ccc(NC2CCCN(C(=O)OC(C)(C)C)C2)cc1O. The fourth-order valence-electron chi connectivity index (χ4n) is 2.52. The van der Waals surface area contributed by atoms with E-state index in [9.17, 15) is 9.90 Å². The average Bonchev–Trinajstić information content (AvgIpc) is 2.41. The van der Waals surface area contributed by atoms with Crippen molar-refractivity contribution in [2.45, 2.75) is 52.2 Å². The third kappa shape index (κ3) is 4.55. The molecule has 1 fully saturated rings. The minimum absolute atomic E-state index is 0.170. The summed E-state index contributed by atoms with van der Waals surface area (Å²) in [6.45, 7) is 8.83. The van der Waals surface area contributed by atoms with Gasteiger partial charge in [-0.3, -0.25) is 0 Å². The summed E-state index contributed by atoms with van der Waals surface area (Å²) < 4.78 is 5.43. The third-order valence-corrected chi connectivity index (χ3v) is 3.65. The lowest BCUT2D eigenvalue weighted by Crippen LogP contribution is -2.46. The Bertz CT molecular complexity index is 537. The second-order valence-electron chi connectivity index (χ2n) is 6.91. The standard InChI is InChI=1S/C17H26N2O3/c1-12-7-8-13(10-15(12)20)18-14-6-5-9-19(11-14)16(21)22-17(2,3)4/h7-8,10,14,18,20H,5-6,9,11H2,1-4H3. The van der Waals surface area contributed by atoms with Gasteiger partial charge in [0.2, 0.25) is 0 Å². The van der Waals surface area contributed by atoms with Crippen LogP contribution in [0, 0.1) is 6.92 Å². The topological polar surface area (TPSA) is 61.8 Å². The number of carbonyl (C=O) groups is 1. The van der Waals surface area contributed by atoms with Crippen LogP contribution in [0.2, 0.25) is 0 Å². The molecule has 122 valence electrons. The molecule has 0 radical (unpaired) electrons. The van der Waals surface area contributed by atoms with E-state index in [1.807, 2.05) is 39.8 Å². The molecular formula is C17H26N2O3. The normalized spacial score (nSPS) is 18.9. The van der Waals surface area contributed by atoms with E-state index in [1.54, 1.807) is 11.0 Å². The lowest BCUT2D eigenvalue weighted by atomic mass is 10.1. The van der Waals surface area contributed by atoms with Gasteiger partial charge in [-0.25, -0.2) is 4.79 Å². The Kier molecular flexibility index (Phi) is 4.84. The second kappa shape index (κ2) is 6.46. The molecule has 2 N–H and O–H groups in total. The van der Waals surface area contributed by atoms with E-state index in [4.69, 9.17) is 4.74 Å². The summed E-state index contributed by atoms with van der Waals surface area (Å²) in [6, 6.07) is 5.72. The number of aromatic hydroxyl groups is 1. The molecule has 0 spiro atoms. The van der Waals surface area contributed by atoms with E-state index in [1.165, 1.54) is 0 Å². The highest BCUT2D eigenvalue weighted by Crippen LogP contribution is 2.23. The van der Waals surface area contributed by atoms with Gasteiger partial charge < -0.3 is 20.1 Å². The molecule has 1 aromatic carbocycles. The molecule has 1 amide bonds. The predicted octanol–water partition coefficient (Wildman–Crippen LogP) is 3.51. The summed E-state index contributed by atoms with van der Waals surface area (Å²) in [4.78, 5) is 13.9. The lowest BCUT2D eigenvalue weighted by Gasteiger charge is -2.34. The van der Waals surface area contributed by atoms with E-state index in [0.717, 1.165) is 30.6 Å². The molecule has 1 heterocycles. The van der Waals surface area contributed by atoms with Crippen molar-refractivity contribution < 1.29 is 14.6 Å². The molecule has 0 aliphatic carbocycles. The van der Waals surface area contributed by atoms with Gasteiger partial charge in [0, 0.05) is 30.9 Å². The summed E-state index contributed by atoms with van der Waals surface area (Å²) in [7, 11) is 0. The van der Waals surface area contributed by atoms with Gasteiger partial charge in [0.15, 0.2) is 0 Å². The van der Waals surface area contributed by atoms with Gasteiger partial charge in [-0.15, -0.1) is 0 Å². The number of rotatable bonds is 2. The van der Waals surface area contributed by atoms with Crippen molar-refractivity contribution in [3.8, 4) is 5.75 Å². The highest BCUT2D eigenvalue weighted by atomic mass is 16.6. The molecule has 5 heteroatoms. The van der Waals surface area contributed by atoms with Gasteiger partial charge in [0.05, 0.1) is 0 Å². The second-order valence-corrected chi connectivity index (χ2v) is 6.91. The van der Waals surface area contributed by atoms with Crippen molar-refractivity contribution in [2.75, 3.05) is 18.4 Å². The Balaban J connectivity index is 1.95. The Hall–Kier alpha value is -1.91. The van der Waals surface area contributed by atoms with Gasteiger partial charge in [0.1, 0.15) is 11.4 Å². The van der Waals surface area contributed by atoms with Crippen LogP contribution in [0.4, 0.5) is 10.5 Å². The first kappa shape index (κ1) is 16.5. The van der Waals surface area contributed by atoms with Crippen molar-refractivity contribution in [2.24, 2.45) is 0 Å². The molecule has 2 rings (SSSR count). The molecular weight excluding hydrogens is 280 g/mol. The maximum absolute atomic E-state index is 12.1. The highest BCUT2D eigenvalue weighted by molar-refractivity contribution is 5.68. The molecule has 0 bridgehead atoms. The maximum atomic E-state index is 12.1. The van der Waals surface area contributed by atoms with E-state index >= 15 is 0 Å². The zero-order chi connectivity index (χ0) is 16.3. The number of nitrogens with one attached hydrogen (secondary N) is 1. The number of amides is 1. The minimum Gasteiger partial charge on any atom is -0.508 e. The number of ether oxygens (including phenoxy) is 1. The summed E-state index contributed by atoms with van der Waals surface area (Å²) in [5.41, 5.74) is 1.25. The van der Waals surface area contributed by atoms with Gasteiger partial charge in [-0.05, 0) is 52.2 Å². The number of nitrogens with zero attached hydrogens (tertiary/aromatic N) is 1. The molecule has 1 atom stereocenters. The number of piperidine rings is 1. The number of benzene rings is 1. The quantitative estimate of drug-likeness (QED) is 0.877. The number of phenols is 1. The molecule has 5 nitrogen and oxygen atoms in total. The molecule has 1 aliphatic rings. The lowest BCUT2D eigenvalue weighted by molar-refractivity contribution is 0.0206. The first-order valence-electron chi connectivity index (χ1n) is 7.79. The van der Waals surface area contributed by atoms with Crippen LogP contribution in [0.5, 0.6) is 5.75 Å².